The molecular weight excluding hydrogens is 282 g/mol. The molecule has 0 aromatic carbocycles. The van der Waals surface area contributed by atoms with Gasteiger partial charge in [-0.3, -0.25) is 9.59 Å². The van der Waals surface area contributed by atoms with Crippen molar-refractivity contribution in [2.45, 2.75) is 32.7 Å². The van der Waals surface area contributed by atoms with Crippen LogP contribution in [0.15, 0.2) is 22.8 Å². The predicted molar refractivity (Wildman–Crippen MR) is 83.4 cm³/mol. The fourth-order valence-electron chi connectivity index (χ4n) is 2.63. The van der Waals surface area contributed by atoms with E-state index >= 15 is 0 Å². The van der Waals surface area contributed by atoms with Gasteiger partial charge in [-0.25, -0.2) is 0 Å². The van der Waals surface area contributed by atoms with E-state index in [4.69, 9.17) is 4.42 Å². The van der Waals surface area contributed by atoms with Crippen molar-refractivity contribution in [1.29, 1.82) is 0 Å². The summed E-state index contributed by atoms with van der Waals surface area (Å²) in [6.07, 6.45) is 3.57. The van der Waals surface area contributed by atoms with Gasteiger partial charge in [0.1, 0.15) is 6.04 Å². The van der Waals surface area contributed by atoms with Gasteiger partial charge in [-0.05, 0) is 49.9 Å². The van der Waals surface area contributed by atoms with Crippen molar-refractivity contribution in [3.05, 3.63) is 24.2 Å². The smallest absolute Gasteiger partial charge is 0.287 e. The number of nitrogens with one attached hydrogen (secondary N) is 3. The van der Waals surface area contributed by atoms with Crippen molar-refractivity contribution in [3.8, 4) is 0 Å². The van der Waals surface area contributed by atoms with Crippen LogP contribution >= 0.6 is 0 Å². The molecule has 0 saturated carbocycles. The number of rotatable bonds is 7. The molecule has 122 valence electrons. The van der Waals surface area contributed by atoms with Gasteiger partial charge in [0, 0.05) is 6.54 Å². The first-order chi connectivity index (χ1) is 10.6. The summed E-state index contributed by atoms with van der Waals surface area (Å²) in [5, 5.41) is 8.98. The van der Waals surface area contributed by atoms with Crippen molar-refractivity contribution in [2.75, 3.05) is 19.6 Å². The van der Waals surface area contributed by atoms with E-state index in [-0.39, 0.29) is 23.5 Å². The van der Waals surface area contributed by atoms with Gasteiger partial charge in [-0.2, -0.15) is 0 Å². The predicted octanol–water partition coefficient (Wildman–Crippen LogP) is 1.15. The summed E-state index contributed by atoms with van der Waals surface area (Å²) in [7, 11) is 0. The Hall–Kier alpha value is -1.82. The lowest BCUT2D eigenvalue weighted by molar-refractivity contribution is -0.124. The summed E-state index contributed by atoms with van der Waals surface area (Å²) >= 11 is 0. The van der Waals surface area contributed by atoms with Gasteiger partial charge < -0.3 is 20.4 Å². The van der Waals surface area contributed by atoms with E-state index in [1.54, 1.807) is 12.1 Å². The molecule has 2 heterocycles. The van der Waals surface area contributed by atoms with Crippen molar-refractivity contribution in [1.82, 2.24) is 16.0 Å². The third-order valence-corrected chi connectivity index (χ3v) is 3.99. The molecular formula is C16H25N3O3. The third-order valence-electron chi connectivity index (χ3n) is 3.99. The Labute approximate surface area is 131 Å². The van der Waals surface area contributed by atoms with Crippen LogP contribution in [0.5, 0.6) is 0 Å². The lowest BCUT2D eigenvalue weighted by Gasteiger charge is -2.21. The molecule has 2 unspecified atom stereocenters. The van der Waals surface area contributed by atoms with Gasteiger partial charge in [0.15, 0.2) is 5.76 Å². The van der Waals surface area contributed by atoms with Gasteiger partial charge >= 0.3 is 0 Å². The van der Waals surface area contributed by atoms with Gasteiger partial charge in [0.2, 0.25) is 5.91 Å². The molecule has 2 atom stereocenters. The van der Waals surface area contributed by atoms with Crippen LogP contribution in [-0.2, 0) is 4.79 Å². The van der Waals surface area contributed by atoms with Crippen molar-refractivity contribution in [3.63, 3.8) is 0 Å². The molecule has 1 saturated heterocycles. The molecule has 1 aliphatic heterocycles. The Morgan fingerprint density at radius 2 is 2.27 bits per heavy atom. The summed E-state index contributed by atoms with van der Waals surface area (Å²) in [6.45, 7) is 6.55. The maximum atomic E-state index is 12.3. The van der Waals surface area contributed by atoms with Crippen molar-refractivity contribution < 1.29 is 14.0 Å². The molecule has 2 amide bonds. The number of furan rings is 1. The first-order valence-corrected chi connectivity index (χ1v) is 7.90. The quantitative estimate of drug-likeness (QED) is 0.705. The van der Waals surface area contributed by atoms with Crippen LogP contribution in [0.3, 0.4) is 0 Å². The first-order valence-electron chi connectivity index (χ1n) is 7.90. The molecule has 1 aromatic rings. The fraction of sp³-hybridized carbons (Fsp3) is 0.625. The van der Waals surface area contributed by atoms with Crippen LogP contribution in [-0.4, -0.2) is 37.5 Å². The highest BCUT2D eigenvalue weighted by molar-refractivity contribution is 5.95. The molecule has 22 heavy (non-hydrogen) atoms. The van der Waals surface area contributed by atoms with Crippen molar-refractivity contribution in [2.24, 2.45) is 11.8 Å². The molecule has 1 aromatic heterocycles. The minimum Gasteiger partial charge on any atom is -0.459 e. The van der Waals surface area contributed by atoms with E-state index in [2.05, 4.69) is 16.0 Å². The van der Waals surface area contributed by atoms with Gasteiger partial charge in [0.25, 0.3) is 5.91 Å². The monoisotopic (exact) mass is 307 g/mol. The minimum absolute atomic E-state index is 0.00654. The summed E-state index contributed by atoms with van der Waals surface area (Å²) in [5.74, 6) is 0.359. The second-order valence-corrected chi connectivity index (χ2v) is 6.11. The Kier molecular flexibility index (Phi) is 6.00. The van der Waals surface area contributed by atoms with E-state index < -0.39 is 6.04 Å². The zero-order chi connectivity index (χ0) is 15.9. The highest BCUT2D eigenvalue weighted by Gasteiger charge is 2.25. The highest BCUT2D eigenvalue weighted by Crippen LogP contribution is 2.11. The second-order valence-electron chi connectivity index (χ2n) is 6.11. The van der Waals surface area contributed by atoms with Crippen LogP contribution in [0.2, 0.25) is 0 Å². The molecule has 1 fully saturated rings. The maximum absolute atomic E-state index is 12.3. The largest absolute Gasteiger partial charge is 0.459 e. The van der Waals surface area contributed by atoms with Gasteiger partial charge in [-0.15, -0.1) is 0 Å². The molecule has 1 aliphatic rings. The first kappa shape index (κ1) is 16.5. The van der Waals surface area contributed by atoms with Gasteiger partial charge in [-0.1, -0.05) is 13.8 Å². The fourth-order valence-corrected chi connectivity index (χ4v) is 2.63. The molecule has 2 rings (SSSR count). The molecule has 3 N–H and O–H groups in total. The molecule has 0 radical (unpaired) electrons. The normalized spacial score (nSPS) is 19.1. The average molecular weight is 307 g/mol. The molecule has 0 aliphatic carbocycles. The van der Waals surface area contributed by atoms with Crippen molar-refractivity contribution >= 4 is 11.8 Å². The van der Waals surface area contributed by atoms with E-state index in [0.717, 1.165) is 19.5 Å². The van der Waals surface area contributed by atoms with Crippen LogP contribution in [0.1, 0.15) is 37.2 Å². The lowest BCUT2D eigenvalue weighted by Crippen LogP contribution is -2.50. The zero-order valence-electron chi connectivity index (χ0n) is 13.2. The number of hydrogen-bond acceptors (Lipinski definition) is 4. The highest BCUT2D eigenvalue weighted by atomic mass is 16.3. The standard InChI is InChI=1S/C16H25N3O3/c1-11(2)14(19-15(20)13-4-3-9-22-13)16(21)18-8-6-12-5-7-17-10-12/h3-4,9,11-12,14,17H,5-8,10H2,1-2H3,(H,18,21)(H,19,20). The Morgan fingerprint density at radius 3 is 2.86 bits per heavy atom. The summed E-state index contributed by atoms with van der Waals surface area (Å²) in [5.41, 5.74) is 0. The van der Waals surface area contributed by atoms with E-state index in [0.29, 0.717) is 12.5 Å². The number of carbonyl (C=O) groups excluding carboxylic acids is 2. The SMILES string of the molecule is CC(C)C(NC(=O)c1ccco1)C(=O)NCCC1CCNC1. The van der Waals surface area contributed by atoms with Crippen LogP contribution in [0, 0.1) is 11.8 Å². The summed E-state index contributed by atoms with van der Waals surface area (Å²) < 4.78 is 5.05. The summed E-state index contributed by atoms with van der Waals surface area (Å²) in [4.78, 5) is 24.3. The lowest BCUT2D eigenvalue weighted by atomic mass is 10.0. The summed E-state index contributed by atoms with van der Waals surface area (Å²) in [6, 6.07) is 2.67. The molecule has 0 spiro atoms. The Balaban J connectivity index is 1.81. The minimum atomic E-state index is -0.556. The molecule has 0 bridgehead atoms. The van der Waals surface area contributed by atoms with E-state index in [9.17, 15) is 9.59 Å². The molecule has 6 nitrogen and oxygen atoms in total. The topological polar surface area (TPSA) is 83.4 Å². The Bertz CT molecular complexity index is 479. The zero-order valence-corrected chi connectivity index (χ0v) is 13.2. The second kappa shape index (κ2) is 7.98. The van der Waals surface area contributed by atoms with Gasteiger partial charge in [0.05, 0.1) is 6.26 Å². The number of amides is 2. The number of carbonyl (C=O) groups is 2. The maximum Gasteiger partial charge on any atom is 0.287 e. The van der Waals surface area contributed by atoms with E-state index in [1.807, 2.05) is 13.8 Å². The number of hydrogen-bond donors (Lipinski definition) is 3. The third kappa shape index (κ3) is 4.59. The van der Waals surface area contributed by atoms with E-state index in [1.165, 1.54) is 12.7 Å². The molecule has 6 heteroatoms. The van der Waals surface area contributed by atoms with Crippen LogP contribution < -0.4 is 16.0 Å². The Morgan fingerprint density at radius 1 is 1.45 bits per heavy atom. The van der Waals surface area contributed by atoms with Crippen LogP contribution in [0.4, 0.5) is 0 Å². The average Bonchev–Trinajstić information content (AvgIpc) is 3.16. The van der Waals surface area contributed by atoms with Crippen LogP contribution in [0.25, 0.3) is 0 Å².